The van der Waals surface area contributed by atoms with Crippen LogP contribution in [0.3, 0.4) is 0 Å². The van der Waals surface area contributed by atoms with Gasteiger partial charge >= 0.3 is 0 Å². The number of carbonyl (C=O) groups excluding carboxylic acids is 2. The molecule has 5 heteroatoms. The van der Waals surface area contributed by atoms with E-state index in [0.717, 1.165) is 12.0 Å². The highest BCUT2D eigenvalue weighted by Gasteiger charge is 2.44. The lowest BCUT2D eigenvalue weighted by molar-refractivity contribution is -0.123. The smallest absolute Gasteiger partial charge is 0.224 e. The van der Waals surface area contributed by atoms with E-state index in [1.54, 1.807) is 12.3 Å². The number of aromatic nitrogens is 1. The predicted octanol–water partition coefficient (Wildman–Crippen LogP) is 2.64. The van der Waals surface area contributed by atoms with E-state index in [1.165, 1.54) is 5.56 Å². The Morgan fingerprint density at radius 3 is 2.79 bits per heavy atom. The molecule has 0 aliphatic heterocycles. The molecule has 124 valence electrons. The van der Waals surface area contributed by atoms with Gasteiger partial charge in [0.15, 0.2) is 6.29 Å². The second kappa shape index (κ2) is 7.25. The van der Waals surface area contributed by atoms with Crippen molar-refractivity contribution in [2.45, 2.75) is 25.3 Å². The number of benzene rings is 1. The molecule has 3 rings (SSSR count). The maximum atomic E-state index is 12.4. The molecular formula is C19H20N2O3. The largest absolute Gasteiger partial charge is 0.470 e. The van der Waals surface area contributed by atoms with E-state index in [0.29, 0.717) is 18.1 Å². The maximum absolute atomic E-state index is 12.4. The van der Waals surface area contributed by atoms with Crippen LogP contribution in [0.5, 0.6) is 5.88 Å². The third kappa shape index (κ3) is 3.79. The summed E-state index contributed by atoms with van der Waals surface area (Å²) in [6, 6.07) is 13.6. The van der Waals surface area contributed by atoms with Crippen molar-refractivity contribution < 1.29 is 14.3 Å². The second-order valence-electron chi connectivity index (χ2n) is 6.00. The third-order valence-electron chi connectivity index (χ3n) is 4.27. The molecule has 0 unspecified atom stereocenters. The quantitative estimate of drug-likeness (QED) is 0.795. The lowest BCUT2D eigenvalue weighted by Gasteiger charge is -2.14. The normalized spacial score (nSPS) is 20.0. The molecule has 5 nitrogen and oxygen atoms in total. The van der Waals surface area contributed by atoms with Crippen molar-refractivity contribution in [2.75, 3.05) is 6.61 Å². The van der Waals surface area contributed by atoms with E-state index in [9.17, 15) is 9.59 Å². The van der Waals surface area contributed by atoms with Gasteiger partial charge in [0, 0.05) is 18.2 Å². The Kier molecular flexibility index (Phi) is 4.89. The van der Waals surface area contributed by atoms with Crippen molar-refractivity contribution in [3.63, 3.8) is 0 Å². The lowest BCUT2D eigenvalue weighted by Crippen LogP contribution is -2.28. The van der Waals surface area contributed by atoms with Crippen molar-refractivity contribution >= 4 is 12.2 Å². The maximum Gasteiger partial charge on any atom is 0.224 e. The summed E-state index contributed by atoms with van der Waals surface area (Å²) in [4.78, 5) is 26.8. The number of hydrogen-bond acceptors (Lipinski definition) is 4. The van der Waals surface area contributed by atoms with Gasteiger partial charge in [-0.15, -0.1) is 0 Å². The van der Waals surface area contributed by atoms with E-state index in [2.05, 4.69) is 22.4 Å². The Bertz CT molecular complexity index is 700. The summed E-state index contributed by atoms with van der Waals surface area (Å²) in [5.41, 5.74) is 2.13. The van der Waals surface area contributed by atoms with E-state index in [4.69, 9.17) is 4.74 Å². The summed E-state index contributed by atoms with van der Waals surface area (Å²) < 4.78 is 5.12. The summed E-state index contributed by atoms with van der Waals surface area (Å²) in [6.45, 7) is 1.92. The first-order chi connectivity index (χ1) is 11.7. The first-order valence-corrected chi connectivity index (χ1v) is 8.06. The highest BCUT2D eigenvalue weighted by atomic mass is 16.5. The minimum absolute atomic E-state index is 0.0127. The van der Waals surface area contributed by atoms with Gasteiger partial charge in [-0.25, -0.2) is 4.98 Å². The molecule has 0 radical (unpaired) electrons. The summed E-state index contributed by atoms with van der Waals surface area (Å²) in [6.07, 6.45) is 3.24. The monoisotopic (exact) mass is 324 g/mol. The Morgan fingerprint density at radius 1 is 1.33 bits per heavy atom. The van der Waals surface area contributed by atoms with Crippen molar-refractivity contribution in [1.82, 2.24) is 10.3 Å². The van der Waals surface area contributed by atoms with Crippen molar-refractivity contribution in [3.8, 4) is 5.88 Å². The number of nitrogens with one attached hydrogen (secondary N) is 1. The molecular weight excluding hydrogens is 304 g/mol. The number of hydrogen-bond donors (Lipinski definition) is 1. The number of ether oxygens (including phenoxy) is 1. The summed E-state index contributed by atoms with van der Waals surface area (Å²) in [7, 11) is 0. The molecule has 3 atom stereocenters. The van der Waals surface area contributed by atoms with Gasteiger partial charge in [-0.2, -0.15) is 0 Å². The summed E-state index contributed by atoms with van der Waals surface area (Å²) in [5, 5.41) is 3.04. The molecule has 24 heavy (non-hydrogen) atoms. The average molecular weight is 324 g/mol. The fourth-order valence-electron chi connectivity index (χ4n) is 2.81. The topological polar surface area (TPSA) is 68.3 Å². The van der Waals surface area contributed by atoms with Gasteiger partial charge in [0.05, 0.1) is 6.04 Å². The number of rotatable bonds is 7. The minimum Gasteiger partial charge on any atom is -0.470 e. The zero-order chi connectivity index (χ0) is 16.9. The molecule has 1 fully saturated rings. The van der Waals surface area contributed by atoms with E-state index >= 15 is 0 Å². The molecule has 1 saturated carbocycles. The highest BCUT2D eigenvalue weighted by molar-refractivity contribution is 5.83. The molecule has 0 spiro atoms. The van der Waals surface area contributed by atoms with Gasteiger partial charge in [-0.05, 0) is 30.4 Å². The lowest BCUT2D eigenvalue weighted by atomic mass is 10.1. The highest BCUT2D eigenvalue weighted by Crippen LogP contribution is 2.47. The molecule has 1 aliphatic carbocycles. The van der Waals surface area contributed by atoms with Gasteiger partial charge in [-0.1, -0.05) is 36.4 Å². The molecule has 1 heterocycles. The van der Waals surface area contributed by atoms with Crippen LogP contribution in [-0.2, 0) is 9.59 Å². The van der Waals surface area contributed by atoms with Crippen LogP contribution in [0.4, 0.5) is 0 Å². The van der Waals surface area contributed by atoms with Crippen LogP contribution < -0.4 is 10.1 Å². The van der Waals surface area contributed by atoms with E-state index in [1.807, 2.05) is 31.2 Å². The van der Waals surface area contributed by atoms with Crippen LogP contribution >= 0.6 is 0 Å². The van der Waals surface area contributed by atoms with Crippen molar-refractivity contribution in [2.24, 2.45) is 5.92 Å². The Balaban J connectivity index is 1.54. The third-order valence-corrected chi connectivity index (χ3v) is 4.27. The molecule has 1 amide bonds. The zero-order valence-electron chi connectivity index (χ0n) is 13.5. The van der Waals surface area contributed by atoms with Crippen LogP contribution in [0.1, 0.15) is 36.4 Å². The molecule has 0 bridgehead atoms. The molecule has 1 aromatic carbocycles. The minimum atomic E-state index is -0.123. The number of carbonyl (C=O) groups is 2. The average Bonchev–Trinajstić information content (AvgIpc) is 3.42. The summed E-state index contributed by atoms with van der Waals surface area (Å²) in [5.74, 6) is 0.863. The number of aldehydes is 1. The number of pyridine rings is 1. The Morgan fingerprint density at radius 2 is 2.12 bits per heavy atom. The summed E-state index contributed by atoms with van der Waals surface area (Å²) >= 11 is 0. The van der Waals surface area contributed by atoms with Crippen LogP contribution in [0, 0.1) is 5.92 Å². The first-order valence-electron chi connectivity index (χ1n) is 8.06. The van der Waals surface area contributed by atoms with Gasteiger partial charge in [0.25, 0.3) is 0 Å². The number of nitrogens with zero attached hydrogens (tertiary/aromatic N) is 1. The van der Waals surface area contributed by atoms with Gasteiger partial charge < -0.3 is 10.1 Å². The SMILES string of the molecule is C[C@H](NC(=O)[C@H]1C[C@@H]1c1ccccc1)c1ccc(OCC=O)nc1. The standard InChI is InChI=1S/C19H20N2O3/c1-13(15-7-8-18(20-12-15)24-10-9-22)21-19(23)17-11-16(17)14-5-3-2-4-6-14/h2-9,12-13,16-17H,10-11H2,1H3,(H,21,23)/t13-,16+,17-/m0/s1. The predicted molar refractivity (Wildman–Crippen MR) is 89.6 cm³/mol. The van der Waals surface area contributed by atoms with Gasteiger partial charge in [0.2, 0.25) is 11.8 Å². The van der Waals surface area contributed by atoms with Crippen molar-refractivity contribution in [3.05, 3.63) is 59.8 Å². The van der Waals surface area contributed by atoms with Gasteiger partial charge in [0.1, 0.15) is 6.61 Å². The molecule has 1 aromatic heterocycles. The first kappa shape index (κ1) is 16.2. The zero-order valence-corrected chi connectivity index (χ0v) is 13.5. The fourth-order valence-corrected chi connectivity index (χ4v) is 2.81. The molecule has 1 aliphatic rings. The van der Waals surface area contributed by atoms with Gasteiger partial charge in [-0.3, -0.25) is 9.59 Å². The van der Waals surface area contributed by atoms with Crippen LogP contribution in [0.2, 0.25) is 0 Å². The van der Waals surface area contributed by atoms with Crippen LogP contribution in [-0.4, -0.2) is 23.8 Å². The van der Waals surface area contributed by atoms with Crippen LogP contribution in [0.25, 0.3) is 0 Å². The molecule has 2 aromatic rings. The number of amides is 1. The van der Waals surface area contributed by atoms with Crippen LogP contribution in [0.15, 0.2) is 48.7 Å². The Labute approximate surface area is 141 Å². The molecule has 1 N–H and O–H groups in total. The van der Waals surface area contributed by atoms with E-state index < -0.39 is 0 Å². The van der Waals surface area contributed by atoms with E-state index in [-0.39, 0.29) is 24.5 Å². The fraction of sp³-hybridized carbons (Fsp3) is 0.316. The Hall–Kier alpha value is -2.69. The molecule has 0 saturated heterocycles. The van der Waals surface area contributed by atoms with Crippen molar-refractivity contribution in [1.29, 1.82) is 0 Å². The second-order valence-corrected chi connectivity index (χ2v) is 6.00.